The molecular weight excluding hydrogens is 226 g/mol. The van der Waals surface area contributed by atoms with E-state index in [4.69, 9.17) is 22.1 Å². The Morgan fingerprint density at radius 2 is 2.12 bits per heavy atom. The SMILES string of the molecule is COc1ccc(Cl)c(C2(C(C)N)CC2)c1O. The number of benzene rings is 1. The lowest BCUT2D eigenvalue weighted by atomic mass is 9.88. The van der Waals surface area contributed by atoms with Gasteiger partial charge in [-0.25, -0.2) is 0 Å². The van der Waals surface area contributed by atoms with Crippen LogP contribution in [0.4, 0.5) is 0 Å². The molecule has 1 aromatic rings. The molecule has 1 atom stereocenters. The first-order chi connectivity index (χ1) is 7.53. The summed E-state index contributed by atoms with van der Waals surface area (Å²) in [7, 11) is 1.53. The number of methoxy groups -OCH3 is 1. The van der Waals surface area contributed by atoms with Crippen molar-refractivity contribution in [3.63, 3.8) is 0 Å². The van der Waals surface area contributed by atoms with E-state index in [0.29, 0.717) is 10.8 Å². The van der Waals surface area contributed by atoms with Crippen molar-refractivity contribution in [1.82, 2.24) is 0 Å². The van der Waals surface area contributed by atoms with Crippen LogP contribution in [0.3, 0.4) is 0 Å². The van der Waals surface area contributed by atoms with Gasteiger partial charge < -0.3 is 15.6 Å². The van der Waals surface area contributed by atoms with Gasteiger partial charge in [0.15, 0.2) is 11.5 Å². The van der Waals surface area contributed by atoms with E-state index < -0.39 is 0 Å². The molecule has 0 aromatic heterocycles. The highest BCUT2D eigenvalue weighted by molar-refractivity contribution is 6.31. The molecule has 3 N–H and O–H groups in total. The maximum Gasteiger partial charge on any atom is 0.163 e. The monoisotopic (exact) mass is 241 g/mol. The molecule has 0 bridgehead atoms. The van der Waals surface area contributed by atoms with E-state index in [1.165, 1.54) is 7.11 Å². The molecule has 0 spiro atoms. The number of hydrogen-bond acceptors (Lipinski definition) is 3. The maximum absolute atomic E-state index is 10.1. The Hall–Kier alpha value is -0.930. The summed E-state index contributed by atoms with van der Waals surface area (Å²) in [6, 6.07) is 3.39. The van der Waals surface area contributed by atoms with E-state index >= 15 is 0 Å². The Labute approximate surface area is 100 Å². The van der Waals surface area contributed by atoms with Gasteiger partial charge in [0.25, 0.3) is 0 Å². The lowest BCUT2D eigenvalue weighted by Gasteiger charge is -2.23. The van der Waals surface area contributed by atoms with E-state index in [1.807, 2.05) is 6.92 Å². The Kier molecular flexibility index (Phi) is 2.76. The van der Waals surface area contributed by atoms with Gasteiger partial charge in [0, 0.05) is 22.0 Å². The van der Waals surface area contributed by atoms with Crippen molar-refractivity contribution in [2.24, 2.45) is 5.73 Å². The third kappa shape index (κ3) is 1.55. The minimum Gasteiger partial charge on any atom is -0.504 e. The lowest BCUT2D eigenvalue weighted by molar-refractivity contribution is 0.365. The zero-order valence-corrected chi connectivity index (χ0v) is 10.2. The molecule has 1 aliphatic carbocycles. The van der Waals surface area contributed by atoms with Crippen LogP contribution in [-0.4, -0.2) is 18.3 Å². The fourth-order valence-electron chi connectivity index (χ4n) is 2.25. The zero-order chi connectivity index (χ0) is 11.9. The van der Waals surface area contributed by atoms with Gasteiger partial charge >= 0.3 is 0 Å². The fraction of sp³-hybridized carbons (Fsp3) is 0.500. The number of aromatic hydroxyl groups is 1. The quantitative estimate of drug-likeness (QED) is 0.855. The molecule has 0 radical (unpaired) electrons. The van der Waals surface area contributed by atoms with Gasteiger partial charge in [-0.1, -0.05) is 11.6 Å². The van der Waals surface area contributed by atoms with E-state index in [0.717, 1.165) is 18.4 Å². The van der Waals surface area contributed by atoms with Gasteiger partial charge in [-0.3, -0.25) is 0 Å². The smallest absolute Gasteiger partial charge is 0.163 e. The highest BCUT2D eigenvalue weighted by Gasteiger charge is 2.50. The molecule has 88 valence electrons. The molecule has 3 nitrogen and oxygen atoms in total. The standard InChI is InChI=1S/C12H16ClNO2/c1-7(14)12(5-6-12)10-8(13)3-4-9(16-2)11(10)15/h3-4,7,15H,5-6,14H2,1-2H3. The van der Waals surface area contributed by atoms with Crippen molar-refractivity contribution in [3.05, 3.63) is 22.7 Å². The van der Waals surface area contributed by atoms with Gasteiger partial charge in [0.2, 0.25) is 0 Å². The van der Waals surface area contributed by atoms with Crippen molar-refractivity contribution in [1.29, 1.82) is 0 Å². The summed E-state index contributed by atoms with van der Waals surface area (Å²) >= 11 is 6.16. The molecule has 1 fully saturated rings. The van der Waals surface area contributed by atoms with Crippen LogP contribution in [0.2, 0.25) is 5.02 Å². The second-order valence-electron chi connectivity index (χ2n) is 4.42. The molecule has 16 heavy (non-hydrogen) atoms. The number of nitrogens with two attached hydrogens (primary N) is 1. The number of ether oxygens (including phenoxy) is 1. The van der Waals surface area contributed by atoms with E-state index in [9.17, 15) is 5.11 Å². The Morgan fingerprint density at radius 1 is 1.50 bits per heavy atom. The number of rotatable bonds is 3. The molecule has 4 heteroatoms. The first-order valence-corrected chi connectivity index (χ1v) is 5.72. The Balaban J connectivity index is 2.56. The minimum absolute atomic E-state index is 0.0250. The first kappa shape index (κ1) is 11.6. The summed E-state index contributed by atoms with van der Waals surface area (Å²) in [6.45, 7) is 1.95. The predicted octanol–water partition coefficient (Wildman–Crippen LogP) is 2.43. The third-order valence-corrected chi connectivity index (χ3v) is 3.78. The Morgan fingerprint density at radius 3 is 2.56 bits per heavy atom. The molecule has 0 amide bonds. The highest BCUT2D eigenvalue weighted by atomic mass is 35.5. The van der Waals surface area contributed by atoms with Crippen molar-refractivity contribution in [2.45, 2.75) is 31.2 Å². The van der Waals surface area contributed by atoms with E-state index in [-0.39, 0.29) is 17.2 Å². The first-order valence-electron chi connectivity index (χ1n) is 5.34. The molecular formula is C12H16ClNO2. The zero-order valence-electron chi connectivity index (χ0n) is 9.46. The molecule has 1 aliphatic rings. The fourth-order valence-corrected chi connectivity index (χ4v) is 2.59. The van der Waals surface area contributed by atoms with Crippen molar-refractivity contribution >= 4 is 11.6 Å². The average molecular weight is 242 g/mol. The number of phenolic OH excluding ortho intramolecular Hbond substituents is 1. The Bertz CT molecular complexity index is 414. The molecule has 0 saturated heterocycles. The largest absolute Gasteiger partial charge is 0.504 e. The van der Waals surface area contributed by atoms with Crippen molar-refractivity contribution in [3.8, 4) is 11.5 Å². The number of halogens is 1. The lowest BCUT2D eigenvalue weighted by Crippen LogP contribution is -2.31. The minimum atomic E-state index is -0.171. The van der Waals surface area contributed by atoms with Crippen LogP contribution >= 0.6 is 11.6 Å². The summed E-state index contributed by atoms with van der Waals surface area (Å²) < 4.78 is 5.09. The average Bonchev–Trinajstić information content (AvgIpc) is 2.99. The molecule has 0 aliphatic heterocycles. The van der Waals surface area contributed by atoms with Crippen molar-refractivity contribution < 1.29 is 9.84 Å². The summed E-state index contributed by atoms with van der Waals surface area (Å²) in [6.07, 6.45) is 1.93. The van der Waals surface area contributed by atoms with Gasteiger partial charge in [0.05, 0.1) is 7.11 Å². The van der Waals surface area contributed by atoms with Gasteiger partial charge in [-0.15, -0.1) is 0 Å². The van der Waals surface area contributed by atoms with Crippen LogP contribution < -0.4 is 10.5 Å². The molecule has 1 unspecified atom stereocenters. The number of phenols is 1. The summed E-state index contributed by atoms with van der Waals surface area (Å²) in [5, 5.41) is 10.7. The van der Waals surface area contributed by atoms with Gasteiger partial charge in [-0.05, 0) is 31.9 Å². The number of hydrogen-bond donors (Lipinski definition) is 2. The van der Waals surface area contributed by atoms with Crippen LogP contribution in [0.15, 0.2) is 12.1 Å². The summed E-state index contributed by atoms with van der Waals surface area (Å²) in [5.41, 5.74) is 6.55. The molecule has 1 saturated carbocycles. The molecule has 0 heterocycles. The second kappa shape index (κ2) is 3.82. The molecule has 2 rings (SSSR count). The maximum atomic E-state index is 10.1. The summed E-state index contributed by atoms with van der Waals surface area (Å²) in [4.78, 5) is 0. The summed E-state index contributed by atoms with van der Waals surface area (Å²) in [5.74, 6) is 0.580. The van der Waals surface area contributed by atoms with E-state index in [2.05, 4.69) is 0 Å². The highest BCUT2D eigenvalue weighted by Crippen LogP contribution is 2.56. The normalized spacial score (nSPS) is 19.2. The predicted molar refractivity (Wildman–Crippen MR) is 64.2 cm³/mol. The molecule has 1 aromatic carbocycles. The topological polar surface area (TPSA) is 55.5 Å². The van der Waals surface area contributed by atoms with Crippen LogP contribution in [0.25, 0.3) is 0 Å². The van der Waals surface area contributed by atoms with Crippen LogP contribution in [0, 0.1) is 0 Å². The second-order valence-corrected chi connectivity index (χ2v) is 4.83. The van der Waals surface area contributed by atoms with Crippen molar-refractivity contribution in [2.75, 3.05) is 7.11 Å². The van der Waals surface area contributed by atoms with E-state index in [1.54, 1.807) is 12.1 Å². The van der Waals surface area contributed by atoms with Gasteiger partial charge in [-0.2, -0.15) is 0 Å². The van der Waals surface area contributed by atoms with Crippen LogP contribution in [0.1, 0.15) is 25.3 Å². The van der Waals surface area contributed by atoms with Gasteiger partial charge in [0.1, 0.15) is 0 Å². The van der Waals surface area contributed by atoms with Crippen LogP contribution in [0.5, 0.6) is 11.5 Å². The third-order valence-electron chi connectivity index (χ3n) is 3.47. The van der Waals surface area contributed by atoms with Crippen LogP contribution in [-0.2, 0) is 5.41 Å².